The van der Waals surface area contributed by atoms with Gasteiger partial charge in [0.25, 0.3) is 0 Å². The minimum atomic E-state index is 0.170. The molecule has 0 aliphatic carbocycles. The number of hydrogen-bond donors (Lipinski definition) is 2. The average Bonchev–Trinajstić information content (AvgIpc) is 2.24. The molecule has 2 N–H and O–H groups in total. The Bertz CT molecular complexity index is 218. The van der Waals surface area contributed by atoms with Gasteiger partial charge in [-0.15, -0.1) is 0 Å². The summed E-state index contributed by atoms with van der Waals surface area (Å²) in [6.07, 6.45) is 2.04. The quantitative estimate of drug-likeness (QED) is 0.664. The van der Waals surface area contributed by atoms with Gasteiger partial charge >= 0.3 is 0 Å². The van der Waals surface area contributed by atoms with Crippen LogP contribution in [0.15, 0.2) is 0 Å². The van der Waals surface area contributed by atoms with Crippen LogP contribution < -0.4 is 10.6 Å². The number of hydrogen-bond acceptors (Lipinski definition) is 3. The maximum Gasteiger partial charge on any atom is 0.224 e. The maximum atomic E-state index is 11.8. The molecule has 1 aliphatic rings. The zero-order chi connectivity index (χ0) is 12.0. The van der Waals surface area contributed by atoms with E-state index in [-0.39, 0.29) is 11.8 Å². The molecule has 0 aromatic rings. The first-order valence-corrected chi connectivity index (χ1v) is 6.22. The van der Waals surface area contributed by atoms with Gasteiger partial charge in [0.15, 0.2) is 0 Å². The second kappa shape index (κ2) is 6.86. The van der Waals surface area contributed by atoms with Gasteiger partial charge in [0, 0.05) is 13.1 Å². The van der Waals surface area contributed by atoms with E-state index in [9.17, 15) is 4.79 Å². The van der Waals surface area contributed by atoms with Crippen LogP contribution in [-0.2, 0) is 4.79 Å². The number of amides is 1. The normalized spacial score (nSPS) is 25.8. The summed E-state index contributed by atoms with van der Waals surface area (Å²) in [6.45, 7) is 5.90. The smallest absolute Gasteiger partial charge is 0.224 e. The molecule has 0 spiro atoms. The highest BCUT2D eigenvalue weighted by atomic mass is 16.1. The van der Waals surface area contributed by atoms with Crippen LogP contribution in [0.2, 0.25) is 0 Å². The van der Waals surface area contributed by atoms with E-state index in [0.29, 0.717) is 5.92 Å². The topological polar surface area (TPSA) is 44.4 Å². The molecule has 94 valence electrons. The number of carbonyl (C=O) groups is 1. The summed E-state index contributed by atoms with van der Waals surface area (Å²) >= 11 is 0. The van der Waals surface area contributed by atoms with Crippen LogP contribution in [0, 0.1) is 11.8 Å². The van der Waals surface area contributed by atoms with E-state index in [1.54, 1.807) is 0 Å². The summed E-state index contributed by atoms with van der Waals surface area (Å²) in [4.78, 5) is 14.0. The van der Waals surface area contributed by atoms with Crippen molar-refractivity contribution >= 4 is 5.91 Å². The van der Waals surface area contributed by atoms with Gasteiger partial charge in [-0.3, -0.25) is 4.79 Å². The van der Waals surface area contributed by atoms with Crippen molar-refractivity contribution in [3.8, 4) is 0 Å². The Kier molecular flexibility index (Phi) is 5.77. The van der Waals surface area contributed by atoms with Crippen LogP contribution in [0.3, 0.4) is 0 Å². The van der Waals surface area contributed by atoms with E-state index < -0.39 is 0 Å². The molecule has 0 aromatic heterocycles. The molecule has 1 heterocycles. The van der Waals surface area contributed by atoms with Gasteiger partial charge in [0.05, 0.1) is 5.92 Å². The van der Waals surface area contributed by atoms with E-state index in [2.05, 4.69) is 36.6 Å². The van der Waals surface area contributed by atoms with Crippen molar-refractivity contribution in [2.24, 2.45) is 11.8 Å². The predicted octanol–water partition coefficient (Wildman–Crippen LogP) is 0.300. The molecule has 0 aromatic carbocycles. The van der Waals surface area contributed by atoms with E-state index in [1.165, 1.54) is 0 Å². The van der Waals surface area contributed by atoms with E-state index >= 15 is 0 Å². The Morgan fingerprint density at radius 3 is 2.81 bits per heavy atom. The predicted molar refractivity (Wildman–Crippen MR) is 66.3 cm³/mol. The molecule has 0 bridgehead atoms. The van der Waals surface area contributed by atoms with Crippen molar-refractivity contribution in [3.63, 3.8) is 0 Å². The van der Waals surface area contributed by atoms with Gasteiger partial charge in [0.2, 0.25) is 5.91 Å². The van der Waals surface area contributed by atoms with Gasteiger partial charge in [-0.1, -0.05) is 6.92 Å². The monoisotopic (exact) mass is 227 g/mol. The fourth-order valence-corrected chi connectivity index (χ4v) is 2.11. The summed E-state index contributed by atoms with van der Waals surface area (Å²) in [5.74, 6) is 1.01. The van der Waals surface area contributed by atoms with Gasteiger partial charge in [-0.05, 0) is 45.9 Å². The summed E-state index contributed by atoms with van der Waals surface area (Å²) < 4.78 is 0. The van der Waals surface area contributed by atoms with Gasteiger partial charge < -0.3 is 15.5 Å². The second-order valence-corrected chi connectivity index (χ2v) is 5.14. The SMILES string of the molecule is CC1CNCC(C(=O)NCCCN(C)C)C1. The second-order valence-electron chi connectivity index (χ2n) is 5.14. The van der Waals surface area contributed by atoms with E-state index in [4.69, 9.17) is 0 Å². The highest BCUT2D eigenvalue weighted by Crippen LogP contribution is 2.15. The first-order valence-electron chi connectivity index (χ1n) is 6.22. The first-order chi connectivity index (χ1) is 7.59. The third-order valence-corrected chi connectivity index (χ3v) is 3.02. The van der Waals surface area contributed by atoms with Crippen molar-refractivity contribution in [2.45, 2.75) is 19.8 Å². The first kappa shape index (κ1) is 13.5. The Hall–Kier alpha value is -0.610. The van der Waals surface area contributed by atoms with Crippen LogP contribution in [0.5, 0.6) is 0 Å². The van der Waals surface area contributed by atoms with Crippen molar-refractivity contribution < 1.29 is 4.79 Å². The number of rotatable bonds is 5. The van der Waals surface area contributed by atoms with Crippen molar-refractivity contribution in [2.75, 3.05) is 40.3 Å². The van der Waals surface area contributed by atoms with Crippen molar-refractivity contribution in [3.05, 3.63) is 0 Å². The van der Waals surface area contributed by atoms with Crippen molar-refractivity contribution in [1.29, 1.82) is 0 Å². The molecule has 2 atom stereocenters. The molecule has 1 aliphatic heterocycles. The lowest BCUT2D eigenvalue weighted by Gasteiger charge is -2.26. The Balaban J connectivity index is 2.14. The molecule has 0 radical (unpaired) electrons. The summed E-state index contributed by atoms with van der Waals surface area (Å²) in [5.41, 5.74) is 0. The molecule has 16 heavy (non-hydrogen) atoms. The fraction of sp³-hybridized carbons (Fsp3) is 0.917. The Labute approximate surface area is 98.8 Å². The highest BCUT2D eigenvalue weighted by Gasteiger charge is 2.24. The summed E-state index contributed by atoms with van der Waals surface area (Å²) in [6, 6.07) is 0. The third kappa shape index (κ3) is 4.94. The lowest BCUT2D eigenvalue weighted by Crippen LogP contribution is -2.43. The van der Waals surface area contributed by atoms with Crippen molar-refractivity contribution in [1.82, 2.24) is 15.5 Å². The van der Waals surface area contributed by atoms with E-state index in [0.717, 1.165) is 39.0 Å². The molecule has 2 unspecified atom stereocenters. The number of nitrogens with one attached hydrogen (secondary N) is 2. The average molecular weight is 227 g/mol. The minimum Gasteiger partial charge on any atom is -0.356 e. The molecular formula is C12H25N3O. The standard InChI is InChI=1S/C12H25N3O/c1-10-7-11(9-13-8-10)12(16)14-5-4-6-15(2)3/h10-11,13H,4-9H2,1-3H3,(H,14,16). The molecule has 1 fully saturated rings. The van der Waals surface area contributed by atoms with Crippen LogP contribution >= 0.6 is 0 Å². The lowest BCUT2D eigenvalue weighted by molar-refractivity contribution is -0.125. The maximum absolute atomic E-state index is 11.8. The Morgan fingerprint density at radius 2 is 2.19 bits per heavy atom. The Morgan fingerprint density at radius 1 is 1.44 bits per heavy atom. The molecule has 4 heteroatoms. The number of piperidine rings is 1. The molecular weight excluding hydrogens is 202 g/mol. The molecule has 0 saturated carbocycles. The highest BCUT2D eigenvalue weighted by molar-refractivity contribution is 5.78. The molecule has 1 saturated heterocycles. The largest absolute Gasteiger partial charge is 0.356 e. The zero-order valence-electron chi connectivity index (χ0n) is 10.8. The van der Waals surface area contributed by atoms with Crippen LogP contribution in [0.1, 0.15) is 19.8 Å². The third-order valence-electron chi connectivity index (χ3n) is 3.02. The summed E-state index contributed by atoms with van der Waals surface area (Å²) in [5, 5.41) is 6.33. The lowest BCUT2D eigenvalue weighted by atomic mass is 9.91. The van der Waals surface area contributed by atoms with Crippen LogP contribution in [-0.4, -0.2) is 51.1 Å². The molecule has 1 amide bonds. The fourth-order valence-electron chi connectivity index (χ4n) is 2.11. The van der Waals surface area contributed by atoms with Gasteiger partial charge in [-0.25, -0.2) is 0 Å². The zero-order valence-corrected chi connectivity index (χ0v) is 10.8. The van der Waals surface area contributed by atoms with Gasteiger partial charge in [0.1, 0.15) is 0 Å². The summed E-state index contributed by atoms with van der Waals surface area (Å²) in [7, 11) is 4.10. The number of carbonyl (C=O) groups excluding carboxylic acids is 1. The van der Waals surface area contributed by atoms with E-state index in [1.807, 2.05) is 0 Å². The molecule has 4 nitrogen and oxygen atoms in total. The minimum absolute atomic E-state index is 0.170. The van der Waals surface area contributed by atoms with Crippen LogP contribution in [0.25, 0.3) is 0 Å². The molecule has 1 rings (SSSR count). The number of nitrogens with zero attached hydrogens (tertiary/aromatic N) is 1. The van der Waals surface area contributed by atoms with Gasteiger partial charge in [-0.2, -0.15) is 0 Å². The van der Waals surface area contributed by atoms with Crippen LogP contribution in [0.4, 0.5) is 0 Å².